The van der Waals surface area contributed by atoms with Crippen LogP contribution in [0.5, 0.6) is 0 Å². The molecular weight excluding hydrogens is 276 g/mol. The molecule has 0 fully saturated rings. The summed E-state index contributed by atoms with van der Waals surface area (Å²) in [5.74, 6) is 0.122. The second-order valence-electron chi connectivity index (χ2n) is 5.18. The zero-order chi connectivity index (χ0) is 15.9. The predicted octanol–water partition coefficient (Wildman–Crippen LogP) is 2.89. The summed E-state index contributed by atoms with van der Waals surface area (Å²) in [6, 6.07) is 15.1. The summed E-state index contributed by atoms with van der Waals surface area (Å²) in [7, 11) is 0. The van der Waals surface area contributed by atoms with Gasteiger partial charge in [0.1, 0.15) is 0 Å². The minimum absolute atomic E-state index is 0.0604. The first-order valence-electron chi connectivity index (χ1n) is 7.22. The molecule has 0 saturated carbocycles. The van der Waals surface area contributed by atoms with Gasteiger partial charge in [-0.2, -0.15) is 0 Å². The number of Topliss-reactive ketones (excluding diaryl/α,β-unsaturated/α-hetero) is 2. The molecule has 0 saturated heterocycles. The molecule has 0 aliphatic carbocycles. The Kier molecular flexibility index (Phi) is 5.58. The van der Waals surface area contributed by atoms with Gasteiger partial charge in [-0.3, -0.25) is 20.4 Å². The highest BCUT2D eigenvalue weighted by molar-refractivity contribution is 5.95. The van der Waals surface area contributed by atoms with E-state index in [0.717, 1.165) is 16.7 Å². The number of ketones is 2. The SMILES string of the molecule is CC(=O)c1cccc(CNNCc2ccccc2C(C)=O)c1. The first-order valence-corrected chi connectivity index (χ1v) is 7.22. The van der Waals surface area contributed by atoms with E-state index in [0.29, 0.717) is 18.7 Å². The van der Waals surface area contributed by atoms with Crippen molar-refractivity contribution in [3.8, 4) is 0 Å². The van der Waals surface area contributed by atoms with Gasteiger partial charge in [-0.15, -0.1) is 0 Å². The Balaban J connectivity index is 1.89. The molecule has 0 heterocycles. The lowest BCUT2D eigenvalue weighted by molar-refractivity contribution is 0.100. The van der Waals surface area contributed by atoms with E-state index in [2.05, 4.69) is 10.9 Å². The summed E-state index contributed by atoms with van der Waals surface area (Å²) >= 11 is 0. The van der Waals surface area contributed by atoms with Gasteiger partial charge in [0.05, 0.1) is 0 Å². The van der Waals surface area contributed by atoms with E-state index >= 15 is 0 Å². The maximum Gasteiger partial charge on any atom is 0.160 e. The average molecular weight is 296 g/mol. The van der Waals surface area contributed by atoms with Gasteiger partial charge >= 0.3 is 0 Å². The zero-order valence-electron chi connectivity index (χ0n) is 12.8. The fourth-order valence-electron chi connectivity index (χ4n) is 2.24. The average Bonchev–Trinajstić information content (AvgIpc) is 2.52. The van der Waals surface area contributed by atoms with Crippen LogP contribution in [0.25, 0.3) is 0 Å². The molecular formula is C18H20N2O2. The van der Waals surface area contributed by atoms with Crippen LogP contribution in [0.15, 0.2) is 48.5 Å². The van der Waals surface area contributed by atoms with Crippen molar-refractivity contribution in [3.63, 3.8) is 0 Å². The van der Waals surface area contributed by atoms with Crippen molar-refractivity contribution in [2.45, 2.75) is 26.9 Å². The normalized spacial score (nSPS) is 10.5. The van der Waals surface area contributed by atoms with Gasteiger partial charge in [-0.25, -0.2) is 0 Å². The molecule has 0 unspecified atom stereocenters. The van der Waals surface area contributed by atoms with Crippen LogP contribution in [-0.2, 0) is 13.1 Å². The monoisotopic (exact) mass is 296 g/mol. The third-order valence-electron chi connectivity index (χ3n) is 3.43. The van der Waals surface area contributed by atoms with Gasteiger partial charge < -0.3 is 0 Å². The first kappa shape index (κ1) is 16.1. The fourth-order valence-corrected chi connectivity index (χ4v) is 2.24. The maximum atomic E-state index is 11.5. The van der Waals surface area contributed by atoms with Crippen molar-refractivity contribution in [3.05, 3.63) is 70.8 Å². The van der Waals surface area contributed by atoms with Gasteiger partial charge in [0, 0.05) is 24.2 Å². The molecule has 2 N–H and O–H groups in total. The highest BCUT2D eigenvalue weighted by atomic mass is 16.1. The molecule has 0 aliphatic heterocycles. The second kappa shape index (κ2) is 7.64. The number of benzene rings is 2. The largest absolute Gasteiger partial charge is 0.295 e. The van der Waals surface area contributed by atoms with E-state index in [9.17, 15) is 9.59 Å². The third kappa shape index (κ3) is 4.35. The summed E-state index contributed by atoms with van der Waals surface area (Å²) in [6.45, 7) is 4.29. The van der Waals surface area contributed by atoms with Crippen LogP contribution in [0.2, 0.25) is 0 Å². The Morgan fingerprint density at radius 1 is 0.864 bits per heavy atom. The minimum Gasteiger partial charge on any atom is -0.295 e. The van der Waals surface area contributed by atoms with E-state index in [4.69, 9.17) is 0 Å². The Labute approximate surface area is 130 Å². The van der Waals surface area contributed by atoms with Gasteiger partial charge in [0.2, 0.25) is 0 Å². The molecule has 0 aromatic heterocycles. The standard InChI is InChI=1S/C18H20N2O2/c1-13(21)16-8-5-6-15(10-16)11-19-20-12-17-7-3-4-9-18(17)14(2)22/h3-10,19-20H,11-12H2,1-2H3. The lowest BCUT2D eigenvalue weighted by Crippen LogP contribution is -2.31. The molecule has 2 aromatic rings. The van der Waals surface area contributed by atoms with Gasteiger partial charge in [0.15, 0.2) is 11.6 Å². The number of carbonyl (C=O) groups excluding carboxylic acids is 2. The minimum atomic E-state index is 0.0604. The van der Waals surface area contributed by atoms with E-state index < -0.39 is 0 Å². The van der Waals surface area contributed by atoms with Crippen LogP contribution in [0, 0.1) is 0 Å². The van der Waals surface area contributed by atoms with Crippen LogP contribution < -0.4 is 10.9 Å². The Bertz CT molecular complexity index is 680. The number of hydrazine groups is 1. The van der Waals surface area contributed by atoms with Crippen molar-refractivity contribution in [1.29, 1.82) is 0 Å². The van der Waals surface area contributed by atoms with E-state index in [1.54, 1.807) is 13.8 Å². The summed E-state index contributed by atoms with van der Waals surface area (Å²) in [5.41, 5.74) is 9.64. The molecule has 4 nitrogen and oxygen atoms in total. The van der Waals surface area contributed by atoms with E-state index in [1.165, 1.54) is 0 Å². The molecule has 22 heavy (non-hydrogen) atoms. The lowest BCUT2D eigenvalue weighted by Gasteiger charge is -2.10. The fraction of sp³-hybridized carbons (Fsp3) is 0.222. The number of rotatable bonds is 7. The van der Waals surface area contributed by atoms with Crippen molar-refractivity contribution in [2.24, 2.45) is 0 Å². The third-order valence-corrected chi connectivity index (χ3v) is 3.43. The number of nitrogens with one attached hydrogen (secondary N) is 2. The first-order chi connectivity index (χ1) is 10.6. The van der Waals surface area contributed by atoms with Crippen molar-refractivity contribution < 1.29 is 9.59 Å². The van der Waals surface area contributed by atoms with Crippen molar-refractivity contribution in [2.75, 3.05) is 0 Å². The zero-order valence-corrected chi connectivity index (χ0v) is 12.8. The predicted molar refractivity (Wildman–Crippen MR) is 86.6 cm³/mol. The second-order valence-corrected chi connectivity index (χ2v) is 5.18. The summed E-state index contributed by atoms with van der Waals surface area (Å²) in [4.78, 5) is 22.9. The molecule has 114 valence electrons. The van der Waals surface area contributed by atoms with Gasteiger partial charge in [-0.05, 0) is 31.0 Å². The van der Waals surface area contributed by atoms with Gasteiger partial charge in [-0.1, -0.05) is 42.5 Å². The highest BCUT2D eigenvalue weighted by Gasteiger charge is 2.05. The van der Waals surface area contributed by atoms with Crippen LogP contribution in [0.4, 0.5) is 0 Å². The molecule has 0 atom stereocenters. The molecule has 2 aromatic carbocycles. The van der Waals surface area contributed by atoms with Crippen LogP contribution in [-0.4, -0.2) is 11.6 Å². The van der Waals surface area contributed by atoms with Crippen LogP contribution >= 0.6 is 0 Å². The number of hydrogen-bond donors (Lipinski definition) is 2. The summed E-state index contributed by atoms with van der Waals surface area (Å²) in [5, 5.41) is 0. The molecule has 0 bridgehead atoms. The summed E-state index contributed by atoms with van der Waals surface area (Å²) < 4.78 is 0. The Morgan fingerprint density at radius 2 is 1.59 bits per heavy atom. The topological polar surface area (TPSA) is 58.2 Å². The highest BCUT2D eigenvalue weighted by Crippen LogP contribution is 2.09. The van der Waals surface area contributed by atoms with Crippen molar-refractivity contribution in [1.82, 2.24) is 10.9 Å². The van der Waals surface area contributed by atoms with E-state index in [-0.39, 0.29) is 11.6 Å². The molecule has 4 heteroatoms. The molecule has 0 spiro atoms. The smallest absolute Gasteiger partial charge is 0.160 e. The van der Waals surface area contributed by atoms with E-state index in [1.807, 2.05) is 48.5 Å². The van der Waals surface area contributed by atoms with Crippen molar-refractivity contribution >= 4 is 11.6 Å². The lowest BCUT2D eigenvalue weighted by atomic mass is 10.0. The number of carbonyl (C=O) groups is 2. The number of hydrogen-bond acceptors (Lipinski definition) is 4. The Morgan fingerprint density at radius 3 is 2.32 bits per heavy atom. The molecule has 0 radical (unpaired) electrons. The Hall–Kier alpha value is -2.30. The maximum absolute atomic E-state index is 11.5. The quantitative estimate of drug-likeness (QED) is 0.468. The van der Waals surface area contributed by atoms with Crippen LogP contribution in [0.1, 0.15) is 45.7 Å². The van der Waals surface area contributed by atoms with Crippen LogP contribution in [0.3, 0.4) is 0 Å². The molecule has 0 aliphatic rings. The summed E-state index contributed by atoms with van der Waals surface area (Å²) in [6.07, 6.45) is 0. The molecule has 2 rings (SSSR count). The molecule has 0 amide bonds. The van der Waals surface area contributed by atoms with Gasteiger partial charge in [0.25, 0.3) is 0 Å².